The van der Waals surface area contributed by atoms with Crippen LogP contribution in [0, 0.1) is 0 Å². The standard InChI is InChI=1S/C16H25N5O10P2/c1-6-11(10(23)16(24)28-6)31-33(25,26)27-3-7-12(30-32-2)9(22)15(29-7)21-5-20-8-13(17)18-4-19-14(8)21/h4-7,9-12,15-16,22-24,32H,3H2,1-2H3,(H,25,26)(H2,17,18,19). The molecule has 0 aromatic carbocycles. The predicted molar refractivity (Wildman–Crippen MR) is 112 cm³/mol. The number of fused-ring (bicyclic) bond motifs is 1. The molecule has 2 aliphatic heterocycles. The van der Waals surface area contributed by atoms with Crippen LogP contribution in [0.25, 0.3) is 11.2 Å². The van der Waals surface area contributed by atoms with Crippen LogP contribution in [0.5, 0.6) is 0 Å². The van der Waals surface area contributed by atoms with Crippen LogP contribution in [0.1, 0.15) is 13.2 Å². The zero-order valence-electron chi connectivity index (χ0n) is 17.5. The third kappa shape index (κ3) is 4.90. The number of nitrogens with zero attached hydrogens (tertiary/aromatic N) is 4. The van der Waals surface area contributed by atoms with Crippen molar-refractivity contribution < 1.29 is 47.8 Å². The van der Waals surface area contributed by atoms with Crippen molar-refractivity contribution in [2.24, 2.45) is 0 Å². The summed E-state index contributed by atoms with van der Waals surface area (Å²) in [6.45, 7) is 2.72. The molecule has 15 nitrogen and oxygen atoms in total. The van der Waals surface area contributed by atoms with Crippen molar-refractivity contribution in [3.8, 4) is 0 Å². The maximum absolute atomic E-state index is 12.5. The second-order valence-corrected chi connectivity index (χ2v) is 9.53. The predicted octanol–water partition coefficient (Wildman–Crippen LogP) is -1.12. The number of nitrogen functional groups attached to an aromatic ring is 1. The number of imidazole rings is 1. The fourth-order valence-corrected chi connectivity index (χ4v) is 5.30. The first-order chi connectivity index (χ1) is 15.6. The van der Waals surface area contributed by atoms with Crippen molar-refractivity contribution in [3.05, 3.63) is 12.7 Å². The van der Waals surface area contributed by atoms with E-state index in [1.807, 2.05) is 0 Å². The molecule has 0 spiro atoms. The van der Waals surface area contributed by atoms with Gasteiger partial charge in [-0.15, -0.1) is 0 Å². The van der Waals surface area contributed by atoms with Crippen molar-refractivity contribution in [3.63, 3.8) is 0 Å². The third-order valence-corrected chi connectivity index (χ3v) is 6.82. The monoisotopic (exact) mass is 509 g/mol. The Labute approximate surface area is 189 Å². The number of aromatic nitrogens is 4. The average Bonchev–Trinajstić information content (AvgIpc) is 3.39. The molecule has 0 amide bonds. The van der Waals surface area contributed by atoms with Crippen molar-refractivity contribution >= 4 is 33.6 Å². The van der Waals surface area contributed by atoms with E-state index >= 15 is 0 Å². The van der Waals surface area contributed by atoms with Crippen LogP contribution in [0.4, 0.5) is 5.82 Å². The van der Waals surface area contributed by atoms with Gasteiger partial charge in [-0.25, -0.2) is 19.5 Å². The third-order valence-electron chi connectivity index (χ3n) is 5.33. The van der Waals surface area contributed by atoms with E-state index in [4.69, 9.17) is 28.8 Å². The minimum absolute atomic E-state index is 0.0225. The van der Waals surface area contributed by atoms with Gasteiger partial charge in [0.2, 0.25) is 0 Å². The number of hydrogen-bond acceptors (Lipinski definition) is 13. The minimum atomic E-state index is -4.71. The summed E-state index contributed by atoms with van der Waals surface area (Å²) in [5.41, 5.74) is 6.45. The van der Waals surface area contributed by atoms with E-state index in [-0.39, 0.29) is 14.6 Å². The van der Waals surface area contributed by atoms with Gasteiger partial charge in [-0.1, -0.05) is 0 Å². The molecule has 6 N–H and O–H groups in total. The van der Waals surface area contributed by atoms with E-state index < -0.39 is 63.6 Å². The fraction of sp³-hybridized carbons (Fsp3) is 0.688. The van der Waals surface area contributed by atoms with Crippen LogP contribution in [-0.2, 0) is 27.6 Å². The molecule has 33 heavy (non-hydrogen) atoms. The first-order valence-electron chi connectivity index (χ1n) is 9.89. The summed E-state index contributed by atoms with van der Waals surface area (Å²) in [5, 5.41) is 30.2. The average molecular weight is 509 g/mol. The Morgan fingerprint density at radius 1 is 1.21 bits per heavy atom. The Bertz CT molecular complexity index is 1030. The summed E-state index contributed by atoms with van der Waals surface area (Å²) < 4.78 is 40.4. The summed E-state index contributed by atoms with van der Waals surface area (Å²) in [4.78, 5) is 22.3. The highest BCUT2D eigenvalue weighted by molar-refractivity contribution is 7.47. The maximum atomic E-state index is 12.5. The number of ether oxygens (including phenoxy) is 2. The zero-order chi connectivity index (χ0) is 23.9. The Balaban J connectivity index is 1.47. The summed E-state index contributed by atoms with van der Waals surface area (Å²) in [7, 11) is -4.73. The summed E-state index contributed by atoms with van der Waals surface area (Å²) in [5.74, 6) is 0.157. The molecule has 10 atom stereocenters. The van der Waals surface area contributed by atoms with Gasteiger partial charge in [-0.2, -0.15) is 0 Å². The maximum Gasteiger partial charge on any atom is 0.472 e. The normalized spacial score (nSPS) is 36.8. The summed E-state index contributed by atoms with van der Waals surface area (Å²) in [6, 6.07) is 0. The number of hydrogen-bond donors (Lipinski definition) is 5. The SMILES string of the molecule is CPOC1C(COP(=O)(O)OC2C(C)OC(O)C2O)OC(n2cnc3c(N)ncnc32)C1O. The lowest BCUT2D eigenvalue weighted by molar-refractivity contribution is -0.124. The molecule has 2 fully saturated rings. The highest BCUT2D eigenvalue weighted by Crippen LogP contribution is 2.48. The van der Waals surface area contributed by atoms with Gasteiger partial charge in [-0.3, -0.25) is 13.6 Å². The van der Waals surface area contributed by atoms with Crippen molar-refractivity contribution in [2.75, 3.05) is 19.0 Å². The van der Waals surface area contributed by atoms with Gasteiger partial charge in [0.1, 0.15) is 42.4 Å². The van der Waals surface area contributed by atoms with Gasteiger partial charge >= 0.3 is 7.82 Å². The second kappa shape index (κ2) is 9.72. The lowest BCUT2D eigenvalue weighted by atomic mass is 10.1. The largest absolute Gasteiger partial charge is 0.472 e. The van der Waals surface area contributed by atoms with E-state index in [0.29, 0.717) is 11.2 Å². The molecule has 4 rings (SSSR count). The lowest BCUT2D eigenvalue weighted by Crippen LogP contribution is -2.36. The Morgan fingerprint density at radius 2 is 1.97 bits per heavy atom. The van der Waals surface area contributed by atoms with Crippen molar-refractivity contribution in [1.82, 2.24) is 19.5 Å². The Hall–Kier alpha value is -1.35. The first-order valence-corrected chi connectivity index (χ1v) is 12.8. The molecule has 0 bridgehead atoms. The second-order valence-electron chi connectivity index (χ2n) is 7.48. The molecule has 0 radical (unpaired) electrons. The van der Waals surface area contributed by atoms with Crippen LogP contribution < -0.4 is 5.73 Å². The van der Waals surface area contributed by atoms with Crippen LogP contribution in [0.3, 0.4) is 0 Å². The lowest BCUT2D eigenvalue weighted by Gasteiger charge is -2.23. The highest BCUT2D eigenvalue weighted by Gasteiger charge is 2.49. The van der Waals surface area contributed by atoms with E-state index in [0.717, 1.165) is 0 Å². The molecule has 2 aromatic rings. The molecular weight excluding hydrogens is 484 g/mol. The number of aliphatic hydroxyl groups is 3. The first kappa shape index (κ1) is 24.8. The molecule has 17 heteroatoms. The van der Waals surface area contributed by atoms with Gasteiger partial charge in [-0.05, 0) is 13.6 Å². The molecular formula is C16H25N5O10P2. The number of nitrogens with two attached hydrogens (primary N) is 1. The highest BCUT2D eigenvalue weighted by atomic mass is 31.2. The number of aliphatic hydroxyl groups excluding tert-OH is 3. The molecule has 2 aliphatic rings. The Morgan fingerprint density at radius 3 is 2.64 bits per heavy atom. The van der Waals surface area contributed by atoms with Gasteiger partial charge in [0.05, 0.1) is 19.0 Å². The van der Waals surface area contributed by atoms with E-state index in [9.17, 15) is 24.8 Å². The number of phosphoric ester groups is 1. The molecule has 10 unspecified atom stereocenters. The van der Waals surface area contributed by atoms with Gasteiger partial charge in [0.25, 0.3) is 0 Å². The van der Waals surface area contributed by atoms with Gasteiger partial charge < -0.3 is 39.9 Å². The van der Waals surface area contributed by atoms with E-state index in [1.165, 1.54) is 24.1 Å². The minimum Gasteiger partial charge on any atom is -0.386 e. The molecule has 0 aliphatic carbocycles. The van der Waals surface area contributed by atoms with Gasteiger partial charge in [0, 0.05) is 8.81 Å². The number of anilines is 1. The number of phosphoric acid groups is 1. The van der Waals surface area contributed by atoms with Crippen LogP contribution in [0.2, 0.25) is 0 Å². The summed E-state index contributed by atoms with van der Waals surface area (Å²) in [6.07, 6.45) is -6.66. The zero-order valence-corrected chi connectivity index (χ0v) is 19.4. The molecule has 2 saturated heterocycles. The van der Waals surface area contributed by atoms with Gasteiger partial charge in [0.15, 0.2) is 24.0 Å². The molecule has 4 heterocycles. The molecule has 184 valence electrons. The Kier molecular flexibility index (Phi) is 7.29. The fourth-order valence-electron chi connectivity index (χ4n) is 3.74. The topological polar surface area (TPSA) is 214 Å². The van der Waals surface area contributed by atoms with Crippen LogP contribution in [-0.4, -0.2) is 95.9 Å². The van der Waals surface area contributed by atoms with Crippen molar-refractivity contribution in [1.29, 1.82) is 0 Å². The van der Waals surface area contributed by atoms with Crippen molar-refractivity contribution in [2.45, 2.75) is 56.1 Å². The molecule has 0 saturated carbocycles. The molecule has 2 aromatic heterocycles. The summed E-state index contributed by atoms with van der Waals surface area (Å²) >= 11 is 0. The smallest absolute Gasteiger partial charge is 0.386 e. The van der Waals surface area contributed by atoms with Crippen LogP contribution in [0.15, 0.2) is 12.7 Å². The number of rotatable bonds is 8. The van der Waals surface area contributed by atoms with Crippen LogP contribution >= 0.6 is 16.6 Å². The van der Waals surface area contributed by atoms with E-state index in [2.05, 4.69) is 15.0 Å². The van der Waals surface area contributed by atoms with E-state index in [1.54, 1.807) is 6.66 Å². The quantitative estimate of drug-likeness (QED) is 0.267.